The molecule has 1 aromatic rings. The smallest absolute Gasteiger partial charge is 0.136 e. The molecule has 0 heterocycles. The molecule has 2 heteroatoms. The van der Waals surface area contributed by atoms with Gasteiger partial charge in [0, 0.05) is 21.3 Å². The van der Waals surface area contributed by atoms with Gasteiger partial charge in [-0.25, -0.2) is 0 Å². The molecule has 1 aliphatic carbocycles. The largest absolute Gasteiger partial charge is 0.299 e. The number of hydrogen-bond donors (Lipinski definition) is 0. The lowest BCUT2D eigenvalue weighted by atomic mass is 9.95. The Morgan fingerprint density at radius 2 is 1.86 bits per heavy atom. The molecule has 113 valence electrons. The second-order valence-corrected chi connectivity index (χ2v) is 5.37. The van der Waals surface area contributed by atoms with Crippen LogP contribution in [0, 0.1) is 0 Å². The monoisotopic (exact) mass is 283 g/mol. The third-order valence-corrected chi connectivity index (χ3v) is 3.49. The molecule has 1 saturated carbocycles. The summed E-state index contributed by atoms with van der Waals surface area (Å²) in [6.07, 6.45) is 5.67. The van der Waals surface area contributed by atoms with Crippen LogP contribution in [0.5, 0.6) is 0 Å². The molecule has 0 aromatic heterocycles. The van der Waals surface area contributed by atoms with Gasteiger partial charge in [0.15, 0.2) is 0 Å². The first-order chi connectivity index (χ1) is 9.70. The van der Waals surface area contributed by atoms with Crippen LogP contribution >= 0.6 is 0 Å². The van der Waals surface area contributed by atoms with Crippen LogP contribution in [0.25, 0.3) is 0 Å². The molecule has 21 heavy (non-hydrogen) atoms. The predicted molar refractivity (Wildman–Crippen MR) is 92.9 cm³/mol. The Hall–Kier alpha value is -1.31. The van der Waals surface area contributed by atoms with Gasteiger partial charge in [-0.05, 0) is 42.7 Å². The minimum Gasteiger partial charge on any atom is -0.299 e. The van der Waals surface area contributed by atoms with Gasteiger partial charge in [0.25, 0.3) is 0 Å². The summed E-state index contributed by atoms with van der Waals surface area (Å²) in [7, 11) is 0. The van der Waals surface area contributed by atoms with Crippen LogP contribution in [0.4, 0.5) is 0 Å². The van der Waals surface area contributed by atoms with Crippen LogP contribution in [-0.2, 0) is 11.2 Å². The average Bonchev–Trinajstić information content (AvgIpc) is 3.26. The lowest BCUT2D eigenvalue weighted by Gasteiger charge is -2.10. The molecule has 1 aliphatic rings. The predicted octanol–water partition coefficient (Wildman–Crippen LogP) is 5.07. The second kappa shape index (κ2) is 10.4. The van der Waals surface area contributed by atoms with Gasteiger partial charge in [0.05, 0.1) is 0 Å². The zero-order chi connectivity index (χ0) is 15.0. The summed E-state index contributed by atoms with van der Waals surface area (Å²) < 4.78 is 0. The lowest BCUT2D eigenvalue weighted by molar-refractivity contribution is -0.118. The van der Waals surface area contributed by atoms with Crippen LogP contribution in [0.1, 0.15) is 69.9 Å². The fraction of sp³-hybridized carbons (Fsp3) is 0.526. The van der Waals surface area contributed by atoms with E-state index in [2.05, 4.69) is 30.8 Å². The van der Waals surface area contributed by atoms with Crippen LogP contribution in [-0.4, -0.2) is 14.2 Å². The Balaban J connectivity index is 0.00000128. The van der Waals surface area contributed by atoms with E-state index < -0.39 is 0 Å². The maximum Gasteiger partial charge on any atom is 0.136 e. The highest BCUT2D eigenvalue weighted by Crippen LogP contribution is 2.42. The molecular weight excluding hydrogens is 255 g/mol. The van der Waals surface area contributed by atoms with Gasteiger partial charge >= 0.3 is 0 Å². The third kappa shape index (κ3) is 6.79. The molecule has 0 spiro atoms. The van der Waals surface area contributed by atoms with Gasteiger partial charge in [0.1, 0.15) is 5.78 Å². The van der Waals surface area contributed by atoms with Crippen molar-refractivity contribution in [2.45, 2.75) is 65.2 Å². The van der Waals surface area contributed by atoms with Crippen molar-refractivity contribution in [2.75, 3.05) is 0 Å². The number of carbonyl (C=O) groups is 1. The second-order valence-electron chi connectivity index (χ2n) is 5.37. The number of rotatable bonds is 7. The highest BCUT2D eigenvalue weighted by molar-refractivity contribution is 5.80. The Morgan fingerprint density at radius 1 is 1.24 bits per heavy atom. The molecule has 1 nitrogen and oxygen atoms in total. The third-order valence-electron chi connectivity index (χ3n) is 3.49. The molecule has 0 N–H and O–H groups in total. The van der Waals surface area contributed by atoms with E-state index in [1.807, 2.05) is 20.8 Å². The lowest BCUT2D eigenvalue weighted by Crippen LogP contribution is -2.02. The van der Waals surface area contributed by atoms with E-state index in [0.29, 0.717) is 18.6 Å². The molecule has 0 amide bonds. The number of hydrogen-bond acceptors (Lipinski definition) is 1. The molecule has 2 rings (SSSR count). The summed E-state index contributed by atoms with van der Waals surface area (Å²) >= 11 is 0. The Kier molecular flexibility index (Phi) is 9.78. The van der Waals surface area contributed by atoms with Gasteiger partial charge in [-0.1, -0.05) is 57.2 Å². The zero-order valence-corrected chi connectivity index (χ0v) is 13.8. The van der Waals surface area contributed by atoms with E-state index in [9.17, 15) is 4.79 Å². The zero-order valence-electron chi connectivity index (χ0n) is 13.8. The fourth-order valence-corrected chi connectivity index (χ4v) is 2.47. The molecule has 0 unspecified atom stereocenters. The highest BCUT2D eigenvalue weighted by atomic mass is 16.1. The van der Waals surface area contributed by atoms with Gasteiger partial charge in [-0.2, -0.15) is 0 Å². The van der Waals surface area contributed by atoms with Gasteiger partial charge < -0.3 is 0 Å². The van der Waals surface area contributed by atoms with Crippen molar-refractivity contribution in [1.29, 1.82) is 0 Å². The van der Waals surface area contributed by atoms with Crippen LogP contribution in [0.3, 0.4) is 0 Å². The molecule has 1 aromatic carbocycles. The van der Waals surface area contributed by atoms with Crippen LogP contribution < -0.4 is 0 Å². The molecule has 1 fully saturated rings. The van der Waals surface area contributed by atoms with Crippen LogP contribution in [0.2, 0.25) is 0 Å². The summed E-state index contributed by atoms with van der Waals surface area (Å²) in [6.45, 7) is 10.1. The Morgan fingerprint density at radius 3 is 2.43 bits per heavy atom. The van der Waals surface area contributed by atoms with Gasteiger partial charge in [0.2, 0.25) is 0 Å². The molecule has 0 aliphatic heterocycles. The van der Waals surface area contributed by atoms with Gasteiger partial charge in [-0.15, -0.1) is 0 Å². The molecule has 0 saturated heterocycles. The maximum absolute atomic E-state index is 11.6. The Labute approximate surface area is 132 Å². The van der Waals surface area contributed by atoms with Crippen molar-refractivity contribution in [3.63, 3.8) is 0 Å². The quantitative estimate of drug-likeness (QED) is 0.504. The highest BCUT2D eigenvalue weighted by Gasteiger charge is 2.25. The molecule has 3 radical (unpaired) electrons. The summed E-state index contributed by atoms with van der Waals surface area (Å²) in [4.78, 5) is 11.6. The number of allylic oxidation sites excluding steroid dienone is 1. The fourth-order valence-electron chi connectivity index (χ4n) is 2.47. The summed E-state index contributed by atoms with van der Waals surface area (Å²) in [5.74, 6) is 1.09. The summed E-state index contributed by atoms with van der Waals surface area (Å²) in [5.41, 5.74) is 3.90. The van der Waals surface area contributed by atoms with Gasteiger partial charge in [-0.3, -0.25) is 4.79 Å². The van der Waals surface area contributed by atoms with Crippen molar-refractivity contribution in [1.82, 2.24) is 0 Å². The molecule has 0 atom stereocenters. The van der Waals surface area contributed by atoms with E-state index in [-0.39, 0.29) is 8.41 Å². The SMILES string of the molecule is C=C(CC(=O)CCC)Cc1ccccc1C1CC1.CC.[B]. The van der Waals surface area contributed by atoms with Crippen molar-refractivity contribution in [3.05, 3.63) is 47.5 Å². The summed E-state index contributed by atoms with van der Waals surface area (Å²) in [6, 6.07) is 8.61. The van der Waals surface area contributed by atoms with E-state index in [0.717, 1.165) is 24.3 Å². The number of ketones is 1. The minimum atomic E-state index is 0. The van der Waals surface area contributed by atoms with Crippen molar-refractivity contribution in [3.8, 4) is 0 Å². The van der Waals surface area contributed by atoms with E-state index in [1.54, 1.807) is 0 Å². The van der Waals surface area contributed by atoms with E-state index in [4.69, 9.17) is 0 Å². The molecule has 0 bridgehead atoms. The van der Waals surface area contributed by atoms with Crippen molar-refractivity contribution >= 4 is 14.2 Å². The van der Waals surface area contributed by atoms with E-state index in [1.165, 1.54) is 24.0 Å². The maximum atomic E-state index is 11.6. The first-order valence-electron chi connectivity index (χ1n) is 7.97. The average molecular weight is 283 g/mol. The van der Waals surface area contributed by atoms with Crippen molar-refractivity contribution < 1.29 is 4.79 Å². The minimum absolute atomic E-state index is 0. The topological polar surface area (TPSA) is 17.1 Å². The number of benzene rings is 1. The Bertz CT molecular complexity index is 447. The number of Topliss-reactive ketones (excluding diaryl/α,β-unsaturated/α-hetero) is 1. The van der Waals surface area contributed by atoms with Crippen molar-refractivity contribution in [2.24, 2.45) is 0 Å². The number of carbonyl (C=O) groups excluding carboxylic acids is 1. The normalized spacial score (nSPS) is 12.7. The first-order valence-corrected chi connectivity index (χ1v) is 7.97. The van der Waals surface area contributed by atoms with E-state index >= 15 is 0 Å². The molecular formula is C19H28BO. The summed E-state index contributed by atoms with van der Waals surface area (Å²) in [5, 5.41) is 0. The van der Waals surface area contributed by atoms with Crippen LogP contribution in [0.15, 0.2) is 36.4 Å². The standard InChI is InChI=1S/C17H22O.C2H6.B/c1-3-6-16(18)12-13(2)11-15-7-4-5-8-17(15)14-9-10-14;1-2;/h4-5,7-8,14H,2-3,6,9-12H2,1H3;1-2H3;. The first kappa shape index (κ1) is 19.7.